The second-order valence-corrected chi connectivity index (χ2v) is 5.85. The molecule has 0 aliphatic heterocycles. The van der Waals surface area contributed by atoms with Gasteiger partial charge in [0.05, 0.1) is 11.0 Å². The van der Waals surface area contributed by atoms with Gasteiger partial charge in [-0.15, -0.1) is 22.7 Å². The molecular weight excluding hydrogens is 264 g/mol. The Morgan fingerprint density at radius 2 is 1.94 bits per heavy atom. The second-order valence-electron chi connectivity index (χ2n) is 4.16. The maximum Gasteiger partial charge on any atom is 0.242 e. The molecule has 0 amide bonds. The Hall–Kier alpha value is -1.46. The van der Waals surface area contributed by atoms with E-state index in [0.29, 0.717) is 5.88 Å². The number of thiophene rings is 2. The summed E-state index contributed by atoms with van der Waals surface area (Å²) in [7, 11) is 0. The zero-order valence-electron chi connectivity index (χ0n) is 10.1. The van der Waals surface area contributed by atoms with Gasteiger partial charge < -0.3 is 4.74 Å². The molecule has 92 valence electrons. The smallest absolute Gasteiger partial charge is 0.242 e. The third-order valence-corrected chi connectivity index (χ3v) is 3.98. The third kappa shape index (κ3) is 2.11. The van der Waals surface area contributed by atoms with E-state index in [1.54, 1.807) is 22.7 Å². The lowest BCUT2D eigenvalue weighted by molar-refractivity contribution is 0.234. The first-order valence-electron chi connectivity index (χ1n) is 5.68. The number of fused-ring (bicyclic) bond motifs is 1. The molecule has 5 heteroatoms. The molecule has 0 N–H and O–H groups in total. The highest BCUT2D eigenvalue weighted by Crippen LogP contribution is 2.33. The molecule has 3 aromatic heterocycles. The largest absolute Gasteiger partial charge is 0.473 e. The van der Waals surface area contributed by atoms with Gasteiger partial charge in [0.2, 0.25) is 5.88 Å². The van der Waals surface area contributed by atoms with E-state index in [4.69, 9.17) is 4.74 Å². The minimum absolute atomic E-state index is 0.0918. The number of hydrogen-bond acceptors (Lipinski definition) is 5. The summed E-state index contributed by atoms with van der Waals surface area (Å²) in [6.07, 6.45) is 0.0918. The molecule has 18 heavy (non-hydrogen) atoms. The van der Waals surface area contributed by atoms with Gasteiger partial charge >= 0.3 is 0 Å². The Bertz CT molecular complexity index is 659. The average molecular weight is 276 g/mol. The summed E-state index contributed by atoms with van der Waals surface area (Å²) in [5.74, 6) is 0.623. The maximum absolute atomic E-state index is 5.78. The molecule has 3 nitrogen and oxygen atoms in total. The first-order valence-corrected chi connectivity index (χ1v) is 7.51. The van der Waals surface area contributed by atoms with E-state index in [1.807, 2.05) is 42.1 Å². The lowest BCUT2D eigenvalue weighted by atomic mass is 10.3. The van der Waals surface area contributed by atoms with Crippen LogP contribution < -0.4 is 4.74 Å². The van der Waals surface area contributed by atoms with Crippen LogP contribution >= 0.6 is 22.7 Å². The van der Waals surface area contributed by atoms with Gasteiger partial charge in [-0.25, -0.2) is 9.97 Å². The van der Waals surface area contributed by atoms with E-state index in [-0.39, 0.29) is 6.10 Å². The van der Waals surface area contributed by atoms with Gasteiger partial charge in [-0.3, -0.25) is 0 Å². The summed E-state index contributed by atoms with van der Waals surface area (Å²) in [5, 5.41) is 6.04. The summed E-state index contributed by atoms with van der Waals surface area (Å²) in [4.78, 5) is 10.3. The first-order chi connectivity index (χ1) is 8.74. The summed E-state index contributed by atoms with van der Waals surface area (Å²) in [6, 6.07) is 4.05. The van der Waals surface area contributed by atoms with Gasteiger partial charge in [-0.05, 0) is 25.3 Å². The predicted molar refractivity (Wildman–Crippen MR) is 76.5 cm³/mol. The van der Waals surface area contributed by atoms with Crippen molar-refractivity contribution in [3.05, 3.63) is 28.3 Å². The van der Waals surface area contributed by atoms with Gasteiger partial charge in [-0.1, -0.05) is 6.07 Å². The highest BCUT2D eigenvalue weighted by molar-refractivity contribution is 7.13. The van der Waals surface area contributed by atoms with Crippen LogP contribution in [0.15, 0.2) is 28.3 Å². The van der Waals surface area contributed by atoms with Crippen molar-refractivity contribution in [1.29, 1.82) is 0 Å². The van der Waals surface area contributed by atoms with Crippen LogP contribution in [0.3, 0.4) is 0 Å². The molecule has 3 rings (SSSR count). The lowest BCUT2D eigenvalue weighted by Crippen LogP contribution is -2.08. The van der Waals surface area contributed by atoms with Gasteiger partial charge in [-0.2, -0.15) is 0 Å². The van der Waals surface area contributed by atoms with Crippen molar-refractivity contribution in [3.63, 3.8) is 0 Å². The van der Waals surface area contributed by atoms with Gasteiger partial charge in [0.15, 0.2) is 0 Å². The fourth-order valence-corrected chi connectivity index (χ4v) is 3.04. The number of rotatable bonds is 3. The van der Waals surface area contributed by atoms with E-state index in [2.05, 4.69) is 9.97 Å². The molecule has 0 saturated heterocycles. The first kappa shape index (κ1) is 11.6. The fraction of sp³-hybridized carbons (Fsp3) is 0.231. The normalized spacial score (nSPS) is 11.3. The van der Waals surface area contributed by atoms with Gasteiger partial charge in [0.1, 0.15) is 16.7 Å². The van der Waals surface area contributed by atoms with Crippen LogP contribution in [-0.2, 0) is 0 Å². The van der Waals surface area contributed by atoms with Crippen molar-refractivity contribution in [2.75, 3.05) is 0 Å². The molecule has 0 atom stereocenters. The number of nitrogens with zero attached hydrogens (tertiary/aromatic N) is 2. The maximum atomic E-state index is 5.78. The molecular formula is C13H12N2OS2. The van der Waals surface area contributed by atoms with Crippen molar-refractivity contribution in [2.45, 2.75) is 20.0 Å². The Balaban J connectivity index is 2.19. The molecule has 0 aliphatic carbocycles. The second kappa shape index (κ2) is 4.66. The summed E-state index contributed by atoms with van der Waals surface area (Å²) >= 11 is 3.26. The standard InChI is InChI=1S/C13H12N2OS2/c1-8(2)16-13-12(11-4-3-5-18-11)14-9-6-17-7-10(9)15-13/h3-8H,1-2H3. The highest BCUT2D eigenvalue weighted by atomic mass is 32.1. The Labute approximate surface area is 113 Å². The van der Waals surface area contributed by atoms with Crippen LogP contribution in [0.2, 0.25) is 0 Å². The Morgan fingerprint density at radius 3 is 2.61 bits per heavy atom. The van der Waals surface area contributed by atoms with Crippen molar-refractivity contribution < 1.29 is 4.74 Å². The van der Waals surface area contributed by atoms with Gasteiger partial charge in [0.25, 0.3) is 0 Å². The molecule has 0 fully saturated rings. The Morgan fingerprint density at radius 1 is 1.17 bits per heavy atom. The third-order valence-electron chi connectivity index (χ3n) is 2.38. The van der Waals surface area contributed by atoms with Crippen molar-refractivity contribution in [3.8, 4) is 16.5 Å². The number of ether oxygens (including phenoxy) is 1. The van der Waals surface area contributed by atoms with Crippen LogP contribution in [0, 0.1) is 0 Å². The minimum Gasteiger partial charge on any atom is -0.473 e. The molecule has 0 aromatic carbocycles. The highest BCUT2D eigenvalue weighted by Gasteiger charge is 2.14. The van der Waals surface area contributed by atoms with Crippen LogP contribution in [0.25, 0.3) is 21.6 Å². The van der Waals surface area contributed by atoms with Crippen molar-refractivity contribution >= 4 is 33.7 Å². The average Bonchev–Trinajstić information content (AvgIpc) is 2.97. The SMILES string of the molecule is CC(C)Oc1nc2cscc2nc1-c1cccs1. The van der Waals surface area contributed by atoms with Gasteiger partial charge in [0, 0.05) is 10.8 Å². The topological polar surface area (TPSA) is 35.0 Å². The molecule has 3 aromatic rings. The van der Waals surface area contributed by atoms with Crippen LogP contribution in [0.1, 0.15) is 13.8 Å². The van der Waals surface area contributed by atoms with E-state index < -0.39 is 0 Å². The molecule has 0 saturated carbocycles. The van der Waals surface area contributed by atoms with Crippen LogP contribution in [0.4, 0.5) is 0 Å². The summed E-state index contributed by atoms with van der Waals surface area (Å²) < 4.78 is 5.78. The summed E-state index contributed by atoms with van der Waals surface area (Å²) in [6.45, 7) is 4.00. The minimum atomic E-state index is 0.0918. The molecule has 0 spiro atoms. The van der Waals surface area contributed by atoms with E-state index >= 15 is 0 Å². The van der Waals surface area contributed by atoms with E-state index in [1.165, 1.54) is 0 Å². The molecule has 3 heterocycles. The van der Waals surface area contributed by atoms with Crippen LogP contribution in [-0.4, -0.2) is 16.1 Å². The van der Waals surface area contributed by atoms with Crippen molar-refractivity contribution in [2.24, 2.45) is 0 Å². The Kier molecular flexibility index (Phi) is 3.01. The molecule has 0 bridgehead atoms. The van der Waals surface area contributed by atoms with E-state index in [9.17, 15) is 0 Å². The van der Waals surface area contributed by atoms with Crippen LogP contribution in [0.5, 0.6) is 5.88 Å². The van der Waals surface area contributed by atoms with E-state index in [0.717, 1.165) is 21.6 Å². The number of aromatic nitrogens is 2. The molecule has 0 aliphatic rings. The zero-order valence-corrected chi connectivity index (χ0v) is 11.7. The zero-order chi connectivity index (χ0) is 12.5. The number of hydrogen-bond donors (Lipinski definition) is 0. The fourth-order valence-electron chi connectivity index (χ4n) is 1.66. The van der Waals surface area contributed by atoms with Crippen molar-refractivity contribution in [1.82, 2.24) is 9.97 Å². The monoisotopic (exact) mass is 276 g/mol. The summed E-state index contributed by atoms with van der Waals surface area (Å²) in [5.41, 5.74) is 2.67. The molecule has 0 unspecified atom stereocenters. The predicted octanol–water partition coefficient (Wildman–Crippen LogP) is 4.21. The lowest BCUT2D eigenvalue weighted by Gasteiger charge is -2.11. The molecule has 0 radical (unpaired) electrons. The quantitative estimate of drug-likeness (QED) is 0.719.